The minimum absolute atomic E-state index is 0.135. The maximum Gasteiger partial charge on any atom is 0.141 e. The number of aromatic nitrogens is 2. The Morgan fingerprint density at radius 2 is 1.07 bits per heavy atom. The van der Waals surface area contributed by atoms with E-state index in [1.807, 2.05) is 6.07 Å². The van der Waals surface area contributed by atoms with Gasteiger partial charge >= 0.3 is 0 Å². The molecule has 0 saturated heterocycles. The molecule has 0 fully saturated rings. The highest BCUT2D eigenvalue weighted by Crippen LogP contribution is 2.37. The van der Waals surface area contributed by atoms with Gasteiger partial charge in [-0.3, -0.25) is 5.32 Å². The molecule has 1 aliphatic heterocycles. The van der Waals surface area contributed by atoms with E-state index in [4.69, 9.17) is 9.98 Å². The smallest absolute Gasteiger partial charge is 0.141 e. The zero-order valence-electron chi connectivity index (χ0n) is 31.7. The first-order chi connectivity index (χ1) is 28.2. The predicted octanol–water partition coefficient (Wildman–Crippen LogP) is 12.2. The van der Waals surface area contributed by atoms with Crippen LogP contribution in [-0.4, -0.2) is 15.4 Å². The quantitative estimate of drug-likeness (QED) is 0.163. The van der Waals surface area contributed by atoms with E-state index < -0.39 is 0 Å². The normalized spacial score (nSPS) is 15.4. The van der Waals surface area contributed by atoms with Crippen LogP contribution in [0.4, 0.5) is 0 Å². The van der Waals surface area contributed by atoms with E-state index in [0.717, 1.165) is 57.1 Å². The molecule has 0 amide bonds. The third kappa shape index (κ3) is 6.58. The molecule has 5 nitrogen and oxygen atoms in total. The molecular weight excluding hydrogens is 695 g/mol. The Labute approximate surface area is 333 Å². The van der Waals surface area contributed by atoms with Crippen molar-refractivity contribution in [2.24, 2.45) is 4.99 Å². The van der Waals surface area contributed by atoms with E-state index in [9.17, 15) is 0 Å². The summed E-state index contributed by atoms with van der Waals surface area (Å²) in [6, 6.07) is 69.1. The molecule has 0 saturated carbocycles. The van der Waals surface area contributed by atoms with Crippen LogP contribution in [0, 0.1) is 0 Å². The minimum atomic E-state index is -0.259. The summed E-state index contributed by atoms with van der Waals surface area (Å²) in [5.41, 5.74) is 13.8. The highest BCUT2D eigenvalue weighted by atomic mass is 15.3. The van der Waals surface area contributed by atoms with Gasteiger partial charge in [-0.25, -0.2) is 9.98 Å². The summed E-state index contributed by atoms with van der Waals surface area (Å²) in [4.78, 5) is 10.2. The van der Waals surface area contributed by atoms with Crippen LogP contribution in [-0.2, 0) is 6.54 Å². The Morgan fingerprint density at radius 3 is 1.79 bits per heavy atom. The van der Waals surface area contributed by atoms with Gasteiger partial charge in [0.2, 0.25) is 0 Å². The third-order valence-corrected chi connectivity index (χ3v) is 11.1. The first-order valence-electron chi connectivity index (χ1n) is 19.7. The number of amidine groups is 1. The number of para-hydroxylation sites is 2. The number of rotatable bonds is 8. The van der Waals surface area contributed by atoms with Crippen molar-refractivity contribution >= 4 is 27.6 Å². The number of nitrogens with one attached hydrogen (secondary N) is 2. The lowest BCUT2D eigenvalue weighted by Gasteiger charge is -2.32. The Bertz CT molecular complexity index is 2880. The summed E-state index contributed by atoms with van der Waals surface area (Å²) in [7, 11) is 0. The number of fused-ring (bicyclic) bond motifs is 2. The van der Waals surface area contributed by atoms with E-state index in [1.54, 1.807) is 0 Å². The minimum Gasteiger partial charge on any atom is -0.350 e. The second-order valence-electron chi connectivity index (χ2n) is 14.6. The topological polar surface area (TPSA) is 54.2 Å². The fourth-order valence-electron chi connectivity index (χ4n) is 8.25. The van der Waals surface area contributed by atoms with Crippen molar-refractivity contribution < 1.29 is 0 Å². The van der Waals surface area contributed by atoms with Crippen LogP contribution in [0.5, 0.6) is 0 Å². The first kappa shape index (κ1) is 34.4. The van der Waals surface area contributed by atoms with E-state index in [-0.39, 0.29) is 12.3 Å². The number of aliphatic imine (C=N–C) groups is 1. The molecule has 10 rings (SSSR count). The van der Waals surface area contributed by atoms with Crippen molar-refractivity contribution in [2.75, 3.05) is 0 Å². The van der Waals surface area contributed by atoms with E-state index in [2.05, 4.69) is 210 Å². The maximum atomic E-state index is 5.25. The van der Waals surface area contributed by atoms with Gasteiger partial charge in [-0.2, -0.15) is 0 Å². The summed E-state index contributed by atoms with van der Waals surface area (Å²) in [6.07, 6.45) is -0.394. The molecule has 2 heterocycles. The van der Waals surface area contributed by atoms with E-state index in [0.29, 0.717) is 0 Å². The van der Waals surface area contributed by atoms with Gasteiger partial charge in [0.25, 0.3) is 0 Å². The van der Waals surface area contributed by atoms with Crippen molar-refractivity contribution in [3.63, 3.8) is 0 Å². The molecule has 9 aromatic rings. The molecule has 1 aromatic heterocycles. The fraction of sp³-hybridized carbons (Fsp3) is 0.0769. The van der Waals surface area contributed by atoms with Crippen molar-refractivity contribution in [1.82, 2.24) is 20.2 Å². The van der Waals surface area contributed by atoms with Crippen LogP contribution in [0.2, 0.25) is 0 Å². The lowest BCUT2D eigenvalue weighted by molar-refractivity contribution is 0.409. The summed E-state index contributed by atoms with van der Waals surface area (Å²) < 4.78 is 2.29. The molecule has 0 spiro atoms. The van der Waals surface area contributed by atoms with Crippen LogP contribution < -0.4 is 10.6 Å². The average Bonchev–Trinajstić information content (AvgIpc) is 3.68. The summed E-state index contributed by atoms with van der Waals surface area (Å²) in [6.45, 7) is 3.04. The molecule has 2 unspecified atom stereocenters. The monoisotopic (exact) mass is 735 g/mol. The first-order valence-corrected chi connectivity index (χ1v) is 19.7. The highest BCUT2D eigenvalue weighted by Gasteiger charge is 2.26. The zero-order chi connectivity index (χ0) is 38.1. The van der Waals surface area contributed by atoms with Crippen LogP contribution in [0.3, 0.4) is 0 Å². The number of imidazole rings is 1. The van der Waals surface area contributed by atoms with Crippen LogP contribution in [0.15, 0.2) is 199 Å². The number of hydrogen-bond donors (Lipinski definition) is 2. The van der Waals surface area contributed by atoms with Gasteiger partial charge in [-0.1, -0.05) is 176 Å². The van der Waals surface area contributed by atoms with Gasteiger partial charge in [-0.05, 0) is 80.4 Å². The van der Waals surface area contributed by atoms with Gasteiger partial charge in [0.1, 0.15) is 24.0 Å². The second kappa shape index (κ2) is 14.9. The van der Waals surface area contributed by atoms with Crippen LogP contribution in [0.25, 0.3) is 66.6 Å². The predicted molar refractivity (Wildman–Crippen MR) is 236 cm³/mol. The summed E-state index contributed by atoms with van der Waals surface area (Å²) in [5.74, 6) is 1.87. The average molecular weight is 736 g/mol. The number of nitrogens with zero attached hydrogens (tertiary/aromatic N) is 3. The Morgan fingerprint density at radius 1 is 0.491 bits per heavy atom. The fourth-order valence-corrected chi connectivity index (χ4v) is 8.25. The van der Waals surface area contributed by atoms with E-state index in [1.165, 1.54) is 38.6 Å². The van der Waals surface area contributed by atoms with Gasteiger partial charge in [-0.15, -0.1) is 0 Å². The van der Waals surface area contributed by atoms with Crippen molar-refractivity contribution in [1.29, 1.82) is 0 Å². The number of aryl methyl sites for hydroxylation is 1. The molecule has 274 valence electrons. The molecule has 1 aliphatic rings. The summed E-state index contributed by atoms with van der Waals surface area (Å²) in [5, 5.41) is 9.95. The molecule has 0 bridgehead atoms. The highest BCUT2D eigenvalue weighted by molar-refractivity contribution is 6.04. The van der Waals surface area contributed by atoms with Gasteiger partial charge < -0.3 is 9.88 Å². The van der Waals surface area contributed by atoms with Gasteiger partial charge in [0.05, 0.1) is 11.0 Å². The van der Waals surface area contributed by atoms with Crippen LogP contribution >= 0.6 is 0 Å². The Balaban J connectivity index is 0.980. The lowest BCUT2D eigenvalue weighted by Crippen LogP contribution is -2.44. The van der Waals surface area contributed by atoms with Gasteiger partial charge in [0.15, 0.2) is 0 Å². The van der Waals surface area contributed by atoms with Crippen molar-refractivity contribution in [3.05, 3.63) is 211 Å². The standard InChI is InChI=1S/C52H41N5/c1-2-57-48-25-10-9-24-47(48)53-52(57)40-32-28-37(29-33-40)43-20-12-23-46-44(21-13-22-45(43)46)41-18-11-19-42(34-41)51-55-49(38-16-7-4-8-17-38)54-50(56-51)39-30-26-36(27-31-39)35-14-5-3-6-15-35/h3-34,50-51,56H,2H2,1H3,(H,54,55). The van der Waals surface area contributed by atoms with Crippen LogP contribution in [0.1, 0.15) is 35.9 Å². The molecule has 5 heteroatoms. The third-order valence-electron chi connectivity index (χ3n) is 11.1. The van der Waals surface area contributed by atoms with Gasteiger partial charge in [0, 0.05) is 17.7 Å². The Hall–Kier alpha value is -7.08. The number of hydrogen-bond acceptors (Lipinski definition) is 4. The molecule has 0 aliphatic carbocycles. The van der Waals surface area contributed by atoms with E-state index >= 15 is 0 Å². The molecule has 57 heavy (non-hydrogen) atoms. The molecule has 8 aromatic carbocycles. The zero-order valence-corrected chi connectivity index (χ0v) is 31.7. The largest absolute Gasteiger partial charge is 0.350 e. The SMILES string of the molecule is CCn1c(-c2ccc(-c3cccc4c(-c5cccc(C6N=C(c7ccccc7)NC(c7ccc(-c8ccccc8)cc7)N6)c5)cccc34)cc2)nc2ccccc21. The molecule has 0 radical (unpaired) electrons. The molecular formula is C52H41N5. The lowest BCUT2D eigenvalue weighted by atomic mass is 9.92. The van der Waals surface area contributed by atoms with Crippen molar-refractivity contribution in [3.8, 4) is 44.8 Å². The second-order valence-corrected chi connectivity index (χ2v) is 14.6. The number of benzene rings is 8. The molecule has 2 atom stereocenters. The molecule has 2 N–H and O–H groups in total. The van der Waals surface area contributed by atoms with Crippen molar-refractivity contribution in [2.45, 2.75) is 25.8 Å². The Kier molecular flexibility index (Phi) is 8.98. The maximum absolute atomic E-state index is 5.25. The summed E-state index contributed by atoms with van der Waals surface area (Å²) >= 11 is 0.